The van der Waals surface area contributed by atoms with Crippen LogP contribution in [0.4, 0.5) is 13.2 Å². The molecule has 9 heteroatoms. The number of halogens is 3. The number of fused-ring (bicyclic) bond motifs is 1. The molecule has 28 heavy (non-hydrogen) atoms. The fourth-order valence-corrected chi connectivity index (χ4v) is 3.31. The van der Waals surface area contributed by atoms with Crippen molar-refractivity contribution < 1.29 is 25.8 Å². The van der Waals surface area contributed by atoms with Gasteiger partial charge in [-0.25, -0.2) is 0 Å². The summed E-state index contributed by atoms with van der Waals surface area (Å²) in [6, 6.07) is 13.4. The number of benzene rings is 2. The lowest BCUT2D eigenvalue weighted by atomic mass is 9.93. The Morgan fingerprint density at radius 1 is 1.11 bits per heavy atom. The van der Waals surface area contributed by atoms with Gasteiger partial charge in [0.25, 0.3) is 0 Å². The van der Waals surface area contributed by atoms with Crippen LogP contribution in [0, 0.1) is 25.2 Å². The van der Waals surface area contributed by atoms with Crippen molar-refractivity contribution in [1.29, 1.82) is 5.26 Å². The summed E-state index contributed by atoms with van der Waals surface area (Å²) in [4.78, 5) is 4.22. The number of nitrogens with zero attached hydrogens (tertiary/aromatic N) is 2. The van der Waals surface area contributed by atoms with Crippen LogP contribution < -0.4 is 4.18 Å². The van der Waals surface area contributed by atoms with Crippen molar-refractivity contribution in [2.75, 3.05) is 0 Å². The van der Waals surface area contributed by atoms with Gasteiger partial charge in [-0.15, -0.1) is 0 Å². The first-order chi connectivity index (χ1) is 13.0. The highest BCUT2D eigenvalue weighted by atomic mass is 32.2. The Morgan fingerprint density at radius 3 is 2.32 bits per heavy atom. The topological polar surface area (TPSA) is 80.0 Å². The zero-order chi connectivity index (χ0) is 20.7. The van der Waals surface area contributed by atoms with Gasteiger partial charge in [0.2, 0.25) is 0 Å². The molecule has 0 saturated heterocycles. The smallest absolute Gasteiger partial charge is 0.375 e. The minimum atomic E-state index is -5.88. The summed E-state index contributed by atoms with van der Waals surface area (Å²) in [5.41, 5.74) is -3.32. The molecule has 3 rings (SSSR count). The van der Waals surface area contributed by atoms with Crippen LogP contribution in [0.25, 0.3) is 22.0 Å². The predicted octanol–water partition coefficient (Wildman–Crippen LogP) is 4.62. The van der Waals surface area contributed by atoms with Crippen LogP contribution in [-0.4, -0.2) is 18.9 Å². The second-order valence-corrected chi connectivity index (χ2v) is 7.58. The number of rotatable bonds is 3. The van der Waals surface area contributed by atoms with Crippen molar-refractivity contribution >= 4 is 21.0 Å². The van der Waals surface area contributed by atoms with Crippen molar-refractivity contribution in [3.63, 3.8) is 0 Å². The SMILES string of the molecule is Cc1cc(OS(=O)(=O)C(F)(F)F)c2cc(-c3ccccc3)c(C)c(C#N)c2n1. The molecule has 1 aromatic heterocycles. The van der Waals surface area contributed by atoms with E-state index < -0.39 is 21.4 Å². The maximum atomic E-state index is 12.8. The quantitative estimate of drug-likeness (QED) is 0.468. The van der Waals surface area contributed by atoms with Gasteiger partial charge >= 0.3 is 15.6 Å². The highest BCUT2D eigenvalue weighted by molar-refractivity contribution is 7.88. The van der Waals surface area contributed by atoms with Crippen molar-refractivity contribution in [3.8, 4) is 22.9 Å². The summed E-state index contributed by atoms with van der Waals surface area (Å²) >= 11 is 0. The number of hydrogen-bond acceptors (Lipinski definition) is 5. The maximum Gasteiger partial charge on any atom is 0.534 e. The molecule has 144 valence electrons. The second kappa shape index (κ2) is 6.80. The third-order valence-corrected chi connectivity index (χ3v) is 5.10. The molecular weight excluding hydrogens is 393 g/mol. The van der Waals surface area contributed by atoms with Gasteiger partial charge in [-0.3, -0.25) is 4.98 Å². The van der Waals surface area contributed by atoms with E-state index in [2.05, 4.69) is 9.17 Å². The van der Waals surface area contributed by atoms with E-state index in [4.69, 9.17) is 0 Å². The molecule has 3 aromatic rings. The number of alkyl halides is 3. The fourth-order valence-electron chi connectivity index (χ4n) is 2.84. The van der Waals surface area contributed by atoms with Crippen LogP contribution in [0.2, 0.25) is 0 Å². The van der Waals surface area contributed by atoms with Gasteiger partial charge in [-0.05, 0) is 36.6 Å². The summed E-state index contributed by atoms with van der Waals surface area (Å²) in [6.07, 6.45) is 0. The molecule has 0 aliphatic carbocycles. The Balaban J connectivity index is 2.37. The molecule has 0 atom stereocenters. The van der Waals surface area contributed by atoms with Crippen molar-refractivity contribution in [3.05, 3.63) is 59.3 Å². The Bertz CT molecular complexity index is 1220. The van der Waals surface area contributed by atoms with E-state index in [0.717, 1.165) is 6.07 Å². The molecule has 0 radical (unpaired) electrons. The van der Waals surface area contributed by atoms with E-state index in [1.807, 2.05) is 6.07 Å². The van der Waals surface area contributed by atoms with Crippen molar-refractivity contribution in [1.82, 2.24) is 4.98 Å². The highest BCUT2D eigenvalue weighted by Gasteiger charge is 2.48. The molecule has 0 bridgehead atoms. The first-order valence-electron chi connectivity index (χ1n) is 7.96. The summed E-state index contributed by atoms with van der Waals surface area (Å²) in [6.45, 7) is 3.16. The molecule has 0 amide bonds. The average molecular weight is 406 g/mol. The van der Waals surface area contributed by atoms with E-state index in [-0.39, 0.29) is 22.2 Å². The molecule has 0 unspecified atom stereocenters. The van der Waals surface area contributed by atoms with Gasteiger partial charge < -0.3 is 4.18 Å². The number of hydrogen-bond donors (Lipinski definition) is 0. The standard InChI is InChI=1S/C19H13F3N2O3S/c1-11-8-17(27-28(25,26)19(20,21)22)15-9-14(13-6-4-3-5-7-13)12(2)16(10-23)18(15)24-11/h3-9H,1-2H3. The summed E-state index contributed by atoms with van der Waals surface area (Å²) in [5, 5.41) is 9.60. The number of aryl methyl sites for hydroxylation is 1. The van der Waals surface area contributed by atoms with Crippen LogP contribution in [0.15, 0.2) is 42.5 Å². The molecule has 0 aliphatic heterocycles. The van der Waals surface area contributed by atoms with Gasteiger partial charge in [0, 0.05) is 17.1 Å². The molecule has 5 nitrogen and oxygen atoms in total. The second-order valence-electron chi connectivity index (χ2n) is 6.04. The van der Waals surface area contributed by atoms with Gasteiger partial charge in [-0.2, -0.15) is 26.9 Å². The van der Waals surface area contributed by atoms with E-state index in [9.17, 15) is 26.9 Å². The normalized spacial score (nSPS) is 12.0. The molecule has 2 aromatic carbocycles. The zero-order valence-electron chi connectivity index (χ0n) is 14.7. The van der Waals surface area contributed by atoms with E-state index in [1.165, 1.54) is 13.0 Å². The Kier molecular flexibility index (Phi) is 4.77. The van der Waals surface area contributed by atoms with Crippen molar-refractivity contribution in [2.45, 2.75) is 19.4 Å². The number of nitriles is 1. The third kappa shape index (κ3) is 3.39. The predicted molar refractivity (Wildman–Crippen MR) is 97.0 cm³/mol. The monoisotopic (exact) mass is 406 g/mol. The largest absolute Gasteiger partial charge is 0.534 e. The fraction of sp³-hybridized carbons (Fsp3) is 0.158. The summed E-state index contributed by atoms with van der Waals surface area (Å²) in [5.74, 6) is -0.534. The minimum absolute atomic E-state index is 0.000530. The van der Waals surface area contributed by atoms with Crippen LogP contribution in [0.5, 0.6) is 5.75 Å². The highest BCUT2D eigenvalue weighted by Crippen LogP contribution is 2.37. The average Bonchev–Trinajstić information content (AvgIpc) is 2.61. The van der Waals surface area contributed by atoms with Crippen molar-refractivity contribution in [2.24, 2.45) is 0 Å². The number of aromatic nitrogens is 1. The van der Waals surface area contributed by atoms with E-state index in [1.54, 1.807) is 37.3 Å². The Labute approximate surface area is 159 Å². The molecule has 0 fully saturated rings. The lowest BCUT2D eigenvalue weighted by Crippen LogP contribution is -2.28. The third-order valence-electron chi connectivity index (χ3n) is 4.13. The Morgan fingerprint density at radius 2 is 1.75 bits per heavy atom. The summed E-state index contributed by atoms with van der Waals surface area (Å²) < 4.78 is 65.8. The molecule has 0 spiro atoms. The molecule has 0 aliphatic rings. The molecule has 0 saturated carbocycles. The van der Waals surface area contributed by atoms with Crippen LogP contribution in [0.3, 0.4) is 0 Å². The van der Waals surface area contributed by atoms with Crippen LogP contribution >= 0.6 is 0 Å². The molecular formula is C19H13F3N2O3S. The lowest BCUT2D eigenvalue weighted by molar-refractivity contribution is -0.0499. The maximum absolute atomic E-state index is 12.8. The van der Waals surface area contributed by atoms with E-state index in [0.29, 0.717) is 16.7 Å². The van der Waals surface area contributed by atoms with E-state index >= 15 is 0 Å². The molecule has 1 heterocycles. The lowest BCUT2D eigenvalue weighted by Gasteiger charge is -2.15. The minimum Gasteiger partial charge on any atom is -0.375 e. The Hall–Kier alpha value is -3.12. The zero-order valence-corrected chi connectivity index (χ0v) is 15.5. The molecule has 0 N–H and O–H groups in total. The number of pyridine rings is 1. The van der Waals surface area contributed by atoms with Gasteiger partial charge in [0.05, 0.1) is 11.1 Å². The van der Waals surface area contributed by atoms with Gasteiger partial charge in [0.15, 0.2) is 5.75 Å². The van der Waals surface area contributed by atoms with Crippen LogP contribution in [-0.2, 0) is 10.1 Å². The van der Waals surface area contributed by atoms with Crippen LogP contribution in [0.1, 0.15) is 16.8 Å². The summed E-state index contributed by atoms with van der Waals surface area (Å²) in [7, 11) is -5.88. The first-order valence-corrected chi connectivity index (χ1v) is 9.37. The van der Waals surface area contributed by atoms with Gasteiger partial charge in [0.1, 0.15) is 6.07 Å². The first kappa shape index (κ1) is 19.6. The van der Waals surface area contributed by atoms with Gasteiger partial charge in [-0.1, -0.05) is 30.3 Å².